The zero-order chi connectivity index (χ0) is 18.7. The van der Waals surface area contributed by atoms with Gasteiger partial charge < -0.3 is 4.90 Å². The molecule has 0 radical (unpaired) electrons. The molecule has 0 saturated carbocycles. The summed E-state index contributed by atoms with van der Waals surface area (Å²) in [6.45, 7) is 13.1. The van der Waals surface area contributed by atoms with E-state index in [1.165, 1.54) is 5.56 Å². The van der Waals surface area contributed by atoms with E-state index in [9.17, 15) is 0 Å². The van der Waals surface area contributed by atoms with Gasteiger partial charge in [0.15, 0.2) is 5.82 Å². The van der Waals surface area contributed by atoms with Crippen LogP contribution in [0.15, 0.2) is 48.5 Å². The summed E-state index contributed by atoms with van der Waals surface area (Å²) in [4.78, 5) is 12.3. The van der Waals surface area contributed by atoms with Crippen molar-refractivity contribution in [1.82, 2.24) is 9.97 Å². The number of benzene rings is 2. The maximum absolute atomic E-state index is 5.03. The summed E-state index contributed by atoms with van der Waals surface area (Å²) in [6.07, 6.45) is 0. The van der Waals surface area contributed by atoms with Gasteiger partial charge in [0, 0.05) is 24.0 Å². The Labute approximate surface area is 157 Å². The number of rotatable bonds is 6. The van der Waals surface area contributed by atoms with Crippen molar-refractivity contribution in [1.29, 1.82) is 0 Å². The Kier molecular flexibility index (Phi) is 5.55. The van der Waals surface area contributed by atoms with Gasteiger partial charge in [0.25, 0.3) is 0 Å². The SMILES string of the molecule is Cc1cccc(-c2nc(N(CC(C)C)CC(C)C)c3ccccc3n2)c1. The Morgan fingerprint density at radius 1 is 0.846 bits per heavy atom. The molecule has 2 aromatic carbocycles. The highest BCUT2D eigenvalue weighted by Gasteiger charge is 2.17. The van der Waals surface area contributed by atoms with Crippen LogP contribution < -0.4 is 4.90 Å². The number of anilines is 1. The van der Waals surface area contributed by atoms with Crippen LogP contribution >= 0.6 is 0 Å². The van der Waals surface area contributed by atoms with Crippen LogP contribution in [0.2, 0.25) is 0 Å². The molecule has 3 heteroatoms. The third-order valence-corrected chi connectivity index (χ3v) is 4.33. The van der Waals surface area contributed by atoms with Crippen molar-refractivity contribution in [2.45, 2.75) is 34.6 Å². The third kappa shape index (κ3) is 4.21. The molecule has 0 saturated heterocycles. The lowest BCUT2D eigenvalue weighted by molar-refractivity contribution is 0.550. The second-order valence-electron chi connectivity index (χ2n) is 7.95. The van der Waals surface area contributed by atoms with Crippen LogP contribution in [0.1, 0.15) is 33.3 Å². The Morgan fingerprint density at radius 2 is 1.54 bits per heavy atom. The predicted molar refractivity (Wildman–Crippen MR) is 112 cm³/mol. The zero-order valence-electron chi connectivity index (χ0n) is 16.5. The molecule has 136 valence electrons. The maximum Gasteiger partial charge on any atom is 0.162 e. The summed E-state index contributed by atoms with van der Waals surface area (Å²) >= 11 is 0. The highest BCUT2D eigenvalue weighted by Crippen LogP contribution is 2.29. The highest BCUT2D eigenvalue weighted by molar-refractivity contribution is 5.91. The molecule has 3 nitrogen and oxygen atoms in total. The van der Waals surface area contributed by atoms with Crippen molar-refractivity contribution in [2.75, 3.05) is 18.0 Å². The maximum atomic E-state index is 5.03. The van der Waals surface area contributed by atoms with Crippen LogP contribution in [-0.2, 0) is 0 Å². The van der Waals surface area contributed by atoms with Crippen LogP contribution in [-0.4, -0.2) is 23.1 Å². The molecule has 1 aromatic heterocycles. The molecule has 0 aliphatic carbocycles. The number of hydrogen-bond donors (Lipinski definition) is 0. The normalized spacial score (nSPS) is 11.5. The van der Waals surface area contributed by atoms with Crippen molar-refractivity contribution in [2.24, 2.45) is 11.8 Å². The topological polar surface area (TPSA) is 29.0 Å². The van der Waals surface area contributed by atoms with Crippen LogP contribution in [0.5, 0.6) is 0 Å². The van der Waals surface area contributed by atoms with Gasteiger partial charge in [-0.3, -0.25) is 0 Å². The van der Waals surface area contributed by atoms with Gasteiger partial charge in [-0.25, -0.2) is 9.97 Å². The summed E-state index contributed by atoms with van der Waals surface area (Å²) in [6, 6.07) is 16.8. The van der Waals surface area contributed by atoms with Crippen molar-refractivity contribution in [3.05, 3.63) is 54.1 Å². The molecule has 3 rings (SSSR count). The molecule has 26 heavy (non-hydrogen) atoms. The lowest BCUT2D eigenvalue weighted by Crippen LogP contribution is -2.32. The number of fused-ring (bicyclic) bond motifs is 1. The van der Waals surface area contributed by atoms with Crippen LogP contribution in [0, 0.1) is 18.8 Å². The van der Waals surface area contributed by atoms with E-state index in [-0.39, 0.29) is 0 Å². The van der Waals surface area contributed by atoms with Gasteiger partial charge in [0.1, 0.15) is 5.82 Å². The second kappa shape index (κ2) is 7.86. The molecule has 3 aromatic rings. The van der Waals surface area contributed by atoms with E-state index >= 15 is 0 Å². The molecule has 0 atom stereocenters. The van der Waals surface area contributed by atoms with Crippen molar-refractivity contribution >= 4 is 16.7 Å². The summed E-state index contributed by atoms with van der Waals surface area (Å²) in [5, 5.41) is 1.13. The van der Waals surface area contributed by atoms with Gasteiger partial charge in [0.05, 0.1) is 5.52 Å². The van der Waals surface area contributed by atoms with E-state index in [1.54, 1.807) is 0 Å². The van der Waals surface area contributed by atoms with Crippen molar-refractivity contribution in [3.8, 4) is 11.4 Å². The Hall–Kier alpha value is -2.42. The summed E-state index contributed by atoms with van der Waals surface area (Å²) < 4.78 is 0. The number of aryl methyl sites for hydroxylation is 1. The van der Waals surface area contributed by atoms with E-state index in [2.05, 4.69) is 82.0 Å². The molecule has 0 bridgehead atoms. The minimum Gasteiger partial charge on any atom is -0.355 e. The number of hydrogen-bond acceptors (Lipinski definition) is 3. The third-order valence-electron chi connectivity index (χ3n) is 4.33. The first-order chi connectivity index (χ1) is 12.4. The van der Waals surface area contributed by atoms with Crippen LogP contribution in [0.25, 0.3) is 22.3 Å². The molecule has 0 aliphatic rings. The molecule has 0 unspecified atom stereocenters. The monoisotopic (exact) mass is 347 g/mol. The lowest BCUT2D eigenvalue weighted by atomic mass is 10.1. The van der Waals surface area contributed by atoms with Crippen LogP contribution in [0.4, 0.5) is 5.82 Å². The fourth-order valence-electron chi connectivity index (χ4n) is 3.34. The van der Waals surface area contributed by atoms with Gasteiger partial charge in [0.2, 0.25) is 0 Å². The minimum atomic E-state index is 0.574. The number of aromatic nitrogens is 2. The largest absolute Gasteiger partial charge is 0.355 e. The molecule has 0 fully saturated rings. The lowest BCUT2D eigenvalue weighted by Gasteiger charge is -2.28. The van der Waals surface area contributed by atoms with E-state index in [0.717, 1.165) is 41.2 Å². The molecule has 0 N–H and O–H groups in total. The summed E-state index contributed by atoms with van der Waals surface area (Å²) in [5.74, 6) is 3.00. The second-order valence-corrected chi connectivity index (χ2v) is 7.95. The molecular formula is C23H29N3. The Morgan fingerprint density at radius 3 is 2.19 bits per heavy atom. The molecular weight excluding hydrogens is 318 g/mol. The summed E-state index contributed by atoms with van der Waals surface area (Å²) in [7, 11) is 0. The number of nitrogens with zero attached hydrogens (tertiary/aromatic N) is 3. The average molecular weight is 348 g/mol. The fourth-order valence-corrected chi connectivity index (χ4v) is 3.34. The van der Waals surface area contributed by atoms with E-state index < -0.39 is 0 Å². The van der Waals surface area contributed by atoms with E-state index in [0.29, 0.717) is 11.8 Å². The van der Waals surface area contributed by atoms with Gasteiger partial charge in [-0.05, 0) is 37.0 Å². The van der Waals surface area contributed by atoms with Gasteiger partial charge in [-0.2, -0.15) is 0 Å². The molecule has 0 amide bonds. The first kappa shape index (κ1) is 18.4. The average Bonchev–Trinajstić information content (AvgIpc) is 2.59. The first-order valence-corrected chi connectivity index (χ1v) is 9.53. The van der Waals surface area contributed by atoms with Gasteiger partial charge in [-0.15, -0.1) is 0 Å². The smallest absolute Gasteiger partial charge is 0.162 e. The fraction of sp³-hybridized carbons (Fsp3) is 0.391. The first-order valence-electron chi connectivity index (χ1n) is 9.53. The van der Waals surface area contributed by atoms with Crippen molar-refractivity contribution in [3.63, 3.8) is 0 Å². The standard InChI is InChI=1S/C23H29N3/c1-16(2)14-26(15-17(3)4)23-20-11-6-7-12-21(20)24-22(25-23)19-10-8-9-18(5)13-19/h6-13,16-17H,14-15H2,1-5H3. The highest BCUT2D eigenvalue weighted by atomic mass is 15.2. The Bertz CT molecular complexity index is 874. The quantitative estimate of drug-likeness (QED) is 0.571. The zero-order valence-corrected chi connectivity index (χ0v) is 16.5. The van der Waals surface area contributed by atoms with E-state index in [4.69, 9.17) is 9.97 Å². The van der Waals surface area contributed by atoms with Crippen molar-refractivity contribution < 1.29 is 0 Å². The number of para-hydroxylation sites is 1. The van der Waals surface area contributed by atoms with Gasteiger partial charge >= 0.3 is 0 Å². The van der Waals surface area contributed by atoms with Crippen LogP contribution in [0.3, 0.4) is 0 Å². The van der Waals surface area contributed by atoms with E-state index in [1.807, 2.05) is 6.07 Å². The van der Waals surface area contributed by atoms with Gasteiger partial charge in [-0.1, -0.05) is 63.6 Å². The molecule has 0 aliphatic heterocycles. The molecule has 1 heterocycles. The predicted octanol–water partition coefficient (Wildman–Crippen LogP) is 5.72. The minimum absolute atomic E-state index is 0.574. The molecule has 0 spiro atoms. The summed E-state index contributed by atoms with van der Waals surface area (Å²) in [5.41, 5.74) is 3.31. The Balaban J connectivity index is 2.18.